The maximum atomic E-state index is 5.25. The Morgan fingerprint density at radius 3 is 2.65 bits per heavy atom. The Morgan fingerprint density at radius 2 is 1.90 bits per heavy atom. The lowest BCUT2D eigenvalue weighted by Gasteiger charge is -2.13. The lowest BCUT2D eigenvalue weighted by molar-refractivity contribution is 0.415. The molecule has 0 aliphatic heterocycles. The van der Waals surface area contributed by atoms with E-state index in [1.54, 1.807) is 7.11 Å². The minimum Gasteiger partial charge on any atom is -0.497 e. The van der Waals surface area contributed by atoms with Crippen LogP contribution in [0.5, 0.6) is 5.75 Å². The van der Waals surface area contributed by atoms with Gasteiger partial charge in [-0.3, -0.25) is 0 Å². The summed E-state index contributed by atoms with van der Waals surface area (Å²) in [6, 6.07) is 13.4. The Morgan fingerprint density at radius 1 is 1.15 bits per heavy atom. The number of hydrogen-bond acceptors (Lipinski definition) is 3. The van der Waals surface area contributed by atoms with Gasteiger partial charge in [-0.15, -0.1) is 0 Å². The van der Waals surface area contributed by atoms with Crippen LogP contribution in [-0.4, -0.2) is 24.7 Å². The van der Waals surface area contributed by atoms with Crippen LogP contribution in [-0.2, 0) is 6.54 Å². The van der Waals surface area contributed by atoms with Gasteiger partial charge in [0.1, 0.15) is 5.75 Å². The van der Waals surface area contributed by atoms with Crippen LogP contribution in [0.25, 0.3) is 10.8 Å². The Bertz CT molecular complexity index is 556. The average molecular weight is 289 g/mol. The summed E-state index contributed by atoms with van der Waals surface area (Å²) >= 11 is 1.98. The third-order valence-corrected chi connectivity index (χ3v) is 4.48. The minimum absolute atomic E-state index is 0.548. The van der Waals surface area contributed by atoms with E-state index in [1.807, 2.05) is 17.8 Å². The fraction of sp³-hybridized carbons (Fsp3) is 0.412. The van der Waals surface area contributed by atoms with Crippen molar-refractivity contribution in [1.82, 2.24) is 5.32 Å². The second-order valence-corrected chi connectivity index (χ2v) is 6.31. The summed E-state index contributed by atoms with van der Waals surface area (Å²) in [4.78, 5) is 0. The second kappa shape index (κ2) is 7.55. The van der Waals surface area contributed by atoms with Gasteiger partial charge >= 0.3 is 0 Å². The zero-order chi connectivity index (χ0) is 14.4. The molecule has 2 nitrogen and oxygen atoms in total. The summed E-state index contributed by atoms with van der Waals surface area (Å²) in [7, 11) is 1.70. The predicted molar refractivity (Wildman–Crippen MR) is 89.8 cm³/mol. The number of fused-ring (bicyclic) bond motifs is 1. The third kappa shape index (κ3) is 4.15. The highest BCUT2D eigenvalue weighted by atomic mass is 32.2. The number of thioether (sulfide) groups is 1. The highest BCUT2D eigenvalue weighted by Gasteiger charge is 2.02. The van der Waals surface area contributed by atoms with E-state index in [0.29, 0.717) is 6.04 Å². The number of benzene rings is 2. The summed E-state index contributed by atoms with van der Waals surface area (Å²) in [6.45, 7) is 5.37. The molecule has 1 N–H and O–H groups in total. The van der Waals surface area contributed by atoms with E-state index < -0.39 is 0 Å². The Hall–Kier alpha value is -1.19. The van der Waals surface area contributed by atoms with Gasteiger partial charge in [-0.2, -0.15) is 11.8 Å². The number of ether oxygens (including phenoxy) is 1. The molecule has 20 heavy (non-hydrogen) atoms. The molecule has 2 aromatic rings. The van der Waals surface area contributed by atoms with E-state index >= 15 is 0 Å². The van der Waals surface area contributed by atoms with Crippen LogP contribution in [0.2, 0.25) is 0 Å². The zero-order valence-corrected chi connectivity index (χ0v) is 13.3. The number of hydrogen-bond donors (Lipinski definition) is 1. The molecule has 0 amide bonds. The maximum Gasteiger partial charge on any atom is 0.119 e. The van der Waals surface area contributed by atoms with Gasteiger partial charge in [0.25, 0.3) is 0 Å². The number of nitrogens with one attached hydrogen (secondary N) is 1. The monoisotopic (exact) mass is 289 g/mol. The largest absolute Gasteiger partial charge is 0.497 e. The van der Waals surface area contributed by atoms with Crippen LogP contribution in [0.3, 0.4) is 0 Å². The van der Waals surface area contributed by atoms with Crippen LogP contribution >= 0.6 is 11.8 Å². The molecule has 0 aliphatic carbocycles. The van der Waals surface area contributed by atoms with E-state index in [-0.39, 0.29) is 0 Å². The molecule has 0 saturated carbocycles. The molecule has 0 heterocycles. The van der Waals surface area contributed by atoms with Crippen LogP contribution in [0, 0.1) is 0 Å². The van der Waals surface area contributed by atoms with Crippen molar-refractivity contribution >= 4 is 22.5 Å². The highest BCUT2D eigenvalue weighted by molar-refractivity contribution is 7.99. The first-order valence-electron chi connectivity index (χ1n) is 7.10. The van der Waals surface area contributed by atoms with Crippen molar-refractivity contribution in [2.24, 2.45) is 0 Å². The molecule has 108 valence electrons. The Kier molecular flexibility index (Phi) is 5.74. The zero-order valence-electron chi connectivity index (χ0n) is 12.5. The third-order valence-electron chi connectivity index (χ3n) is 3.34. The first-order valence-corrected chi connectivity index (χ1v) is 8.26. The first-order chi connectivity index (χ1) is 9.72. The summed E-state index contributed by atoms with van der Waals surface area (Å²) in [5.74, 6) is 3.26. The molecule has 1 atom stereocenters. The maximum absolute atomic E-state index is 5.25. The molecule has 3 heteroatoms. The lowest BCUT2D eigenvalue weighted by atomic mass is 10.1. The fourth-order valence-corrected chi connectivity index (χ4v) is 2.86. The predicted octanol–water partition coefficient (Wildman–Crippen LogP) is 4.08. The van der Waals surface area contributed by atoms with E-state index in [9.17, 15) is 0 Å². The van der Waals surface area contributed by atoms with E-state index in [0.717, 1.165) is 12.3 Å². The van der Waals surface area contributed by atoms with Crippen molar-refractivity contribution in [2.75, 3.05) is 18.6 Å². The van der Waals surface area contributed by atoms with Gasteiger partial charge in [-0.25, -0.2) is 0 Å². The van der Waals surface area contributed by atoms with Gasteiger partial charge in [0.15, 0.2) is 0 Å². The van der Waals surface area contributed by atoms with Gasteiger partial charge in [0.2, 0.25) is 0 Å². The highest BCUT2D eigenvalue weighted by Crippen LogP contribution is 2.21. The topological polar surface area (TPSA) is 21.3 Å². The normalized spacial score (nSPS) is 12.6. The van der Waals surface area contributed by atoms with Crippen LogP contribution in [0.15, 0.2) is 36.4 Å². The van der Waals surface area contributed by atoms with Crippen LogP contribution < -0.4 is 10.1 Å². The summed E-state index contributed by atoms with van der Waals surface area (Å²) < 4.78 is 5.25. The van der Waals surface area contributed by atoms with Crippen LogP contribution in [0.4, 0.5) is 0 Å². The molecule has 2 rings (SSSR count). The molecule has 0 bridgehead atoms. The molecular formula is C17H23NOS. The molecule has 0 radical (unpaired) electrons. The standard InChI is InChI=1S/C17H23NOS/c1-4-20-12-13(2)18-11-14-5-6-16-10-17(19-3)8-7-15(16)9-14/h5-10,13,18H,4,11-12H2,1-3H3. The summed E-state index contributed by atoms with van der Waals surface area (Å²) in [5, 5.41) is 6.06. The summed E-state index contributed by atoms with van der Waals surface area (Å²) in [6.07, 6.45) is 0. The van der Waals surface area contributed by atoms with Crippen molar-refractivity contribution < 1.29 is 4.74 Å². The smallest absolute Gasteiger partial charge is 0.119 e. The molecular weight excluding hydrogens is 266 g/mol. The molecule has 1 unspecified atom stereocenters. The van der Waals surface area contributed by atoms with Crippen molar-refractivity contribution in [3.63, 3.8) is 0 Å². The number of methoxy groups -OCH3 is 1. The van der Waals surface area contributed by atoms with Crippen LogP contribution in [0.1, 0.15) is 19.4 Å². The van der Waals surface area contributed by atoms with E-state index in [4.69, 9.17) is 4.74 Å². The molecule has 0 saturated heterocycles. The average Bonchev–Trinajstić information content (AvgIpc) is 2.50. The first kappa shape index (κ1) is 15.2. The van der Waals surface area contributed by atoms with Crippen molar-refractivity contribution in [3.05, 3.63) is 42.0 Å². The Labute approximate surface area is 125 Å². The molecule has 0 fully saturated rings. The van der Waals surface area contributed by atoms with Crippen molar-refractivity contribution in [3.8, 4) is 5.75 Å². The molecule has 2 aromatic carbocycles. The van der Waals surface area contributed by atoms with Gasteiger partial charge in [-0.1, -0.05) is 25.1 Å². The number of rotatable bonds is 7. The SMILES string of the molecule is CCSCC(C)NCc1ccc2cc(OC)ccc2c1. The molecule has 0 aliphatic rings. The lowest BCUT2D eigenvalue weighted by Crippen LogP contribution is -2.27. The second-order valence-electron chi connectivity index (χ2n) is 4.99. The van der Waals surface area contributed by atoms with Gasteiger partial charge in [0, 0.05) is 18.3 Å². The Balaban J connectivity index is 2.01. The van der Waals surface area contributed by atoms with E-state index in [2.05, 4.69) is 49.5 Å². The van der Waals surface area contributed by atoms with E-state index in [1.165, 1.54) is 27.8 Å². The van der Waals surface area contributed by atoms with Gasteiger partial charge in [-0.05, 0) is 47.2 Å². The summed E-state index contributed by atoms with van der Waals surface area (Å²) in [5.41, 5.74) is 1.33. The van der Waals surface area contributed by atoms with Gasteiger partial charge < -0.3 is 10.1 Å². The van der Waals surface area contributed by atoms with Crippen molar-refractivity contribution in [2.45, 2.75) is 26.4 Å². The quantitative estimate of drug-likeness (QED) is 0.830. The molecule has 0 aromatic heterocycles. The fourth-order valence-electron chi connectivity index (χ4n) is 2.16. The molecule has 0 spiro atoms. The van der Waals surface area contributed by atoms with Gasteiger partial charge in [0.05, 0.1) is 7.11 Å². The minimum atomic E-state index is 0.548. The van der Waals surface area contributed by atoms with Crippen molar-refractivity contribution in [1.29, 1.82) is 0 Å².